The summed E-state index contributed by atoms with van der Waals surface area (Å²) in [5, 5.41) is 0. The van der Waals surface area contributed by atoms with Gasteiger partial charge in [0.05, 0.1) is 0 Å². The Balaban J connectivity index is 2.19. The van der Waals surface area contributed by atoms with Crippen molar-refractivity contribution in [2.24, 2.45) is 0 Å². The average Bonchev–Trinajstić information content (AvgIpc) is 2.57. The quantitative estimate of drug-likeness (QED) is 0.466. The van der Waals surface area contributed by atoms with E-state index >= 15 is 0 Å². The Hall–Kier alpha value is -1.64. The third-order valence-corrected chi connectivity index (χ3v) is 7.49. The van der Waals surface area contributed by atoms with Crippen molar-refractivity contribution in [1.29, 1.82) is 0 Å². The van der Waals surface area contributed by atoms with E-state index in [0.29, 0.717) is 0 Å². The first-order chi connectivity index (χ1) is 10.8. The molecule has 2 heteroatoms. The molecule has 0 fully saturated rings. The summed E-state index contributed by atoms with van der Waals surface area (Å²) in [6.45, 7) is 7.19. The Labute approximate surface area is 135 Å². The highest BCUT2D eigenvalue weighted by Gasteiger charge is 2.32. The smallest absolute Gasteiger partial charge is 0.225 e. The maximum Gasteiger partial charge on any atom is 0.225 e. The van der Waals surface area contributed by atoms with Gasteiger partial charge in [-0.1, -0.05) is 79.7 Å². The third kappa shape index (κ3) is 4.97. The minimum absolute atomic E-state index is 0.842. The molecule has 0 aliphatic rings. The van der Waals surface area contributed by atoms with E-state index in [2.05, 4.69) is 79.9 Å². The number of unbranched alkanes of at least 4 members (excludes halogenated alkanes) is 1. The van der Waals surface area contributed by atoms with Gasteiger partial charge >= 0.3 is 0 Å². The second-order valence-electron chi connectivity index (χ2n) is 5.80. The van der Waals surface area contributed by atoms with Crippen LogP contribution in [0.2, 0.25) is 0 Å². The van der Waals surface area contributed by atoms with Crippen LogP contribution in [0.15, 0.2) is 72.9 Å². The molecule has 0 radical (unpaired) electrons. The lowest BCUT2D eigenvalue weighted by Crippen LogP contribution is -2.43. The summed E-state index contributed by atoms with van der Waals surface area (Å²) >= 11 is 0. The zero-order valence-electron chi connectivity index (χ0n) is 13.5. The molecule has 0 unspecified atom stereocenters. The molecule has 116 valence electrons. The van der Waals surface area contributed by atoms with Crippen LogP contribution < -0.4 is 0 Å². The second-order valence-corrected chi connectivity index (χ2v) is 9.33. The molecule has 0 saturated heterocycles. The SMILES string of the molecule is C=C[Si](Cc1ccccc1)(Cc1ccccc1)OCCCC. The Morgan fingerprint density at radius 1 is 0.909 bits per heavy atom. The predicted octanol–water partition coefficient (Wildman–Crippen LogP) is 5.04. The molecule has 1 nitrogen and oxygen atoms in total. The lowest BCUT2D eigenvalue weighted by atomic mass is 10.2. The molecule has 22 heavy (non-hydrogen) atoms. The third-order valence-electron chi connectivity index (χ3n) is 3.95. The van der Waals surface area contributed by atoms with Gasteiger partial charge in [0.2, 0.25) is 8.32 Å². The van der Waals surface area contributed by atoms with Gasteiger partial charge in [-0.05, 0) is 29.6 Å². The normalized spacial score (nSPS) is 11.3. The molecule has 0 saturated carbocycles. The van der Waals surface area contributed by atoms with Crippen molar-refractivity contribution in [2.45, 2.75) is 31.9 Å². The number of rotatable bonds is 9. The summed E-state index contributed by atoms with van der Waals surface area (Å²) in [4.78, 5) is 0. The van der Waals surface area contributed by atoms with Crippen LogP contribution in [0.3, 0.4) is 0 Å². The number of hydrogen-bond donors (Lipinski definition) is 0. The van der Waals surface area contributed by atoms with E-state index in [1.807, 2.05) is 0 Å². The fourth-order valence-corrected chi connectivity index (χ4v) is 5.81. The highest BCUT2D eigenvalue weighted by atomic mass is 28.4. The Bertz CT molecular complexity index is 509. The van der Waals surface area contributed by atoms with Crippen LogP contribution in [-0.2, 0) is 16.5 Å². The van der Waals surface area contributed by atoms with Crippen molar-refractivity contribution in [3.05, 3.63) is 84.1 Å². The highest BCUT2D eigenvalue weighted by molar-refractivity contribution is 6.77. The van der Waals surface area contributed by atoms with E-state index in [1.165, 1.54) is 11.1 Å². The van der Waals surface area contributed by atoms with Crippen LogP contribution in [-0.4, -0.2) is 14.9 Å². The van der Waals surface area contributed by atoms with E-state index < -0.39 is 8.32 Å². The van der Waals surface area contributed by atoms with Crippen molar-refractivity contribution < 1.29 is 4.43 Å². The molecule has 0 aromatic heterocycles. The monoisotopic (exact) mass is 310 g/mol. The molecule has 2 aromatic rings. The van der Waals surface area contributed by atoms with Crippen LogP contribution >= 0.6 is 0 Å². The van der Waals surface area contributed by atoms with Gasteiger partial charge in [0.15, 0.2) is 0 Å². The van der Waals surface area contributed by atoms with E-state index in [-0.39, 0.29) is 0 Å². The molecule has 2 rings (SSSR count). The predicted molar refractivity (Wildman–Crippen MR) is 97.1 cm³/mol. The first-order valence-corrected chi connectivity index (χ1v) is 10.5. The molecular weight excluding hydrogens is 284 g/mol. The average molecular weight is 311 g/mol. The molecule has 0 spiro atoms. The van der Waals surface area contributed by atoms with Crippen molar-refractivity contribution in [3.8, 4) is 0 Å². The van der Waals surface area contributed by atoms with Crippen LogP contribution in [0, 0.1) is 0 Å². The lowest BCUT2D eigenvalue weighted by molar-refractivity contribution is 0.297. The fourth-order valence-electron chi connectivity index (χ4n) is 2.67. The minimum Gasteiger partial charge on any atom is -0.412 e. The maximum absolute atomic E-state index is 6.45. The fraction of sp³-hybridized carbons (Fsp3) is 0.300. The van der Waals surface area contributed by atoms with Crippen LogP contribution in [0.25, 0.3) is 0 Å². The van der Waals surface area contributed by atoms with Gasteiger partial charge in [0.1, 0.15) is 0 Å². The molecule has 0 aliphatic heterocycles. The number of benzene rings is 2. The van der Waals surface area contributed by atoms with E-state index in [0.717, 1.165) is 31.5 Å². The summed E-state index contributed by atoms with van der Waals surface area (Å²) in [5.74, 6) is 0. The first kappa shape index (κ1) is 16.7. The maximum atomic E-state index is 6.45. The first-order valence-electron chi connectivity index (χ1n) is 8.13. The summed E-state index contributed by atoms with van der Waals surface area (Å²) in [7, 11) is -2.02. The Morgan fingerprint density at radius 3 is 1.82 bits per heavy atom. The largest absolute Gasteiger partial charge is 0.412 e. The molecule has 0 atom stereocenters. The summed E-state index contributed by atoms with van der Waals surface area (Å²) in [6.07, 6.45) is 2.28. The van der Waals surface area contributed by atoms with Crippen molar-refractivity contribution in [3.63, 3.8) is 0 Å². The molecule has 0 amide bonds. The van der Waals surface area contributed by atoms with Crippen molar-refractivity contribution in [2.75, 3.05) is 6.61 Å². The van der Waals surface area contributed by atoms with Crippen molar-refractivity contribution in [1.82, 2.24) is 0 Å². The van der Waals surface area contributed by atoms with Gasteiger partial charge in [-0.15, -0.1) is 6.58 Å². The van der Waals surface area contributed by atoms with Gasteiger partial charge < -0.3 is 4.43 Å². The minimum atomic E-state index is -2.02. The Morgan fingerprint density at radius 2 is 1.41 bits per heavy atom. The van der Waals surface area contributed by atoms with E-state index in [9.17, 15) is 0 Å². The molecule has 0 N–H and O–H groups in total. The zero-order valence-corrected chi connectivity index (χ0v) is 14.5. The summed E-state index contributed by atoms with van der Waals surface area (Å²) < 4.78 is 6.45. The highest BCUT2D eigenvalue weighted by Crippen LogP contribution is 2.21. The van der Waals surface area contributed by atoms with Gasteiger partial charge in [0, 0.05) is 6.61 Å². The summed E-state index contributed by atoms with van der Waals surface area (Å²) in [5.41, 5.74) is 4.82. The van der Waals surface area contributed by atoms with E-state index in [1.54, 1.807) is 0 Å². The molecule has 2 aromatic carbocycles. The number of hydrogen-bond acceptors (Lipinski definition) is 1. The Kier molecular flexibility index (Phi) is 6.62. The van der Waals surface area contributed by atoms with Crippen LogP contribution in [0.1, 0.15) is 30.9 Å². The van der Waals surface area contributed by atoms with Gasteiger partial charge in [-0.25, -0.2) is 0 Å². The van der Waals surface area contributed by atoms with Gasteiger partial charge in [-0.2, -0.15) is 0 Å². The van der Waals surface area contributed by atoms with E-state index in [4.69, 9.17) is 4.43 Å². The molecule has 0 bridgehead atoms. The molecule has 0 aliphatic carbocycles. The standard InChI is InChI=1S/C20H26OSi/c1-3-5-16-21-22(4-2,17-19-12-8-6-9-13-19)18-20-14-10-7-11-15-20/h4,6-15H,2-3,5,16-18H2,1H3. The molecule has 0 heterocycles. The van der Waals surface area contributed by atoms with Crippen LogP contribution in [0.5, 0.6) is 0 Å². The second kappa shape index (κ2) is 8.72. The van der Waals surface area contributed by atoms with Crippen molar-refractivity contribution >= 4 is 8.32 Å². The van der Waals surface area contributed by atoms with Gasteiger partial charge in [0.25, 0.3) is 0 Å². The zero-order chi connectivity index (χ0) is 15.7. The van der Waals surface area contributed by atoms with Crippen LogP contribution in [0.4, 0.5) is 0 Å². The van der Waals surface area contributed by atoms with Gasteiger partial charge in [-0.3, -0.25) is 0 Å². The topological polar surface area (TPSA) is 9.23 Å². The lowest BCUT2D eigenvalue weighted by Gasteiger charge is -2.29. The molecular formula is C20H26OSi. The summed E-state index contributed by atoms with van der Waals surface area (Å²) in [6, 6.07) is 23.3.